The molecule has 30 heavy (non-hydrogen) atoms. The number of methoxy groups -OCH3 is 1. The van der Waals surface area contributed by atoms with E-state index in [2.05, 4.69) is 17.5 Å². The number of aliphatic imine (C=N–C) groups is 1. The number of ether oxygens (including phenoxy) is 1. The Morgan fingerprint density at radius 2 is 1.67 bits per heavy atom. The summed E-state index contributed by atoms with van der Waals surface area (Å²) in [5.41, 5.74) is 7.66. The van der Waals surface area contributed by atoms with Crippen molar-refractivity contribution in [2.24, 2.45) is 10.1 Å². The van der Waals surface area contributed by atoms with Gasteiger partial charge in [0, 0.05) is 5.39 Å². The van der Waals surface area contributed by atoms with Crippen molar-refractivity contribution < 1.29 is 4.74 Å². The van der Waals surface area contributed by atoms with E-state index < -0.39 is 0 Å². The van der Waals surface area contributed by atoms with Gasteiger partial charge in [0.15, 0.2) is 5.84 Å². The molecule has 0 spiro atoms. The summed E-state index contributed by atoms with van der Waals surface area (Å²) in [4.78, 5) is 9.50. The third-order valence-electron chi connectivity index (χ3n) is 4.62. The second-order valence-electron chi connectivity index (χ2n) is 6.83. The summed E-state index contributed by atoms with van der Waals surface area (Å²) in [7, 11) is 1.65. The standard InChI is InChI=1S/C25H22N4O/c1-18-7-12-21(13-8-18)27-25(24-16-11-20-5-3-4-6-23(20)28-24)29-26-17-19-9-14-22(30-2)15-10-19/h3-17H,1-2H3,(H,27,29)/b26-17+. The zero-order valence-corrected chi connectivity index (χ0v) is 16.9. The van der Waals surface area contributed by atoms with Crippen LogP contribution in [0, 0.1) is 6.92 Å². The van der Waals surface area contributed by atoms with Gasteiger partial charge in [-0.3, -0.25) is 5.43 Å². The maximum Gasteiger partial charge on any atom is 0.173 e. The summed E-state index contributed by atoms with van der Waals surface area (Å²) in [5.74, 6) is 1.39. The van der Waals surface area contributed by atoms with E-state index in [-0.39, 0.29) is 0 Å². The van der Waals surface area contributed by atoms with Gasteiger partial charge in [0.05, 0.1) is 24.5 Å². The number of amidine groups is 1. The van der Waals surface area contributed by atoms with Crippen LogP contribution in [0.1, 0.15) is 16.8 Å². The number of hydrogen-bond acceptors (Lipinski definition) is 4. The number of rotatable bonds is 5. The lowest BCUT2D eigenvalue weighted by Crippen LogP contribution is -2.20. The van der Waals surface area contributed by atoms with Crippen molar-refractivity contribution in [2.45, 2.75) is 6.92 Å². The average molecular weight is 394 g/mol. The smallest absolute Gasteiger partial charge is 0.173 e. The average Bonchev–Trinajstić information content (AvgIpc) is 2.80. The Labute approximate surface area is 175 Å². The first-order valence-electron chi connectivity index (χ1n) is 9.66. The second kappa shape index (κ2) is 9.01. The van der Waals surface area contributed by atoms with Crippen molar-refractivity contribution in [1.29, 1.82) is 0 Å². The first kappa shape index (κ1) is 19.3. The molecular formula is C25H22N4O. The van der Waals surface area contributed by atoms with Crippen LogP contribution in [0.5, 0.6) is 5.75 Å². The van der Waals surface area contributed by atoms with Gasteiger partial charge < -0.3 is 4.74 Å². The minimum atomic E-state index is 0.578. The van der Waals surface area contributed by atoms with E-state index in [9.17, 15) is 0 Å². The molecule has 0 saturated heterocycles. The Bertz CT molecular complexity index is 1200. The van der Waals surface area contributed by atoms with E-state index in [1.54, 1.807) is 13.3 Å². The predicted molar refractivity (Wildman–Crippen MR) is 123 cm³/mol. The molecule has 4 rings (SSSR count). The molecule has 1 N–H and O–H groups in total. The highest BCUT2D eigenvalue weighted by atomic mass is 16.5. The maximum absolute atomic E-state index is 5.19. The molecule has 0 bridgehead atoms. The number of hydrogen-bond donors (Lipinski definition) is 1. The van der Waals surface area contributed by atoms with E-state index in [0.29, 0.717) is 5.84 Å². The molecule has 0 aliphatic rings. The predicted octanol–water partition coefficient (Wildman–Crippen LogP) is 5.25. The molecule has 4 aromatic rings. The first-order chi connectivity index (χ1) is 14.7. The fourth-order valence-electron chi connectivity index (χ4n) is 2.94. The van der Waals surface area contributed by atoms with Crippen LogP contribution < -0.4 is 10.2 Å². The zero-order chi connectivity index (χ0) is 20.8. The molecular weight excluding hydrogens is 372 g/mol. The van der Waals surface area contributed by atoms with Crippen LogP contribution in [0.25, 0.3) is 10.9 Å². The first-order valence-corrected chi connectivity index (χ1v) is 9.66. The lowest BCUT2D eigenvalue weighted by Gasteiger charge is -2.07. The quantitative estimate of drug-likeness (QED) is 0.286. The topological polar surface area (TPSA) is 58.9 Å². The lowest BCUT2D eigenvalue weighted by atomic mass is 10.2. The SMILES string of the molecule is COc1ccc(/C=N/NC(=Nc2ccc(C)cc2)c2ccc3ccccc3n2)cc1. The van der Waals surface area contributed by atoms with Crippen molar-refractivity contribution in [1.82, 2.24) is 10.4 Å². The fourth-order valence-corrected chi connectivity index (χ4v) is 2.94. The number of nitrogens with zero attached hydrogens (tertiary/aromatic N) is 3. The molecule has 0 aliphatic carbocycles. The molecule has 0 amide bonds. The maximum atomic E-state index is 5.19. The number of pyridine rings is 1. The third kappa shape index (κ3) is 4.70. The van der Waals surface area contributed by atoms with Gasteiger partial charge in [0.1, 0.15) is 11.4 Å². The molecule has 0 aliphatic heterocycles. The van der Waals surface area contributed by atoms with E-state index in [0.717, 1.165) is 33.6 Å². The fraction of sp³-hybridized carbons (Fsp3) is 0.0800. The molecule has 5 heteroatoms. The van der Waals surface area contributed by atoms with Crippen molar-refractivity contribution in [3.8, 4) is 5.75 Å². The third-order valence-corrected chi connectivity index (χ3v) is 4.62. The van der Waals surface area contributed by atoms with Gasteiger partial charge in [-0.15, -0.1) is 0 Å². The number of aromatic nitrogens is 1. The summed E-state index contributed by atoms with van der Waals surface area (Å²) in [6.45, 7) is 2.05. The lowest BCUT2D eigenvalue weighted by molar-refractivity contribution is 0.415. The van der Waals surface area contributed by atoms with Crippen molar-refractivity contribution in [3.63, 3.8) is 0 Å². The van der Waals surface area contributed by atoms with Crippen molar-refractivity contribution in [2.75, 3.05) is 7.11 Å². The molecule has 1 heterocycles. The minimum Gasteiger partial charge on any atom is -0.497 e. The summed E-state index contributed by atoms with van der Waals surface area (Å²) >= 11 is 0. The Hall–Kier alpha value is -3.99. The number of para-hydroxylation sites is 1. The molecule has 3 aromatic carbocycles. The number of hydrazone groups is 1. The minimum absolute atomic E-state index is 0.578. The number of aryl methyl sites for hydroxylation is 1. The molecule has 5 nitrogen and oxygen atoms in total. The second-order valence-corrected chi connectivity index (χ2v) is 6.83. The summed E-state index contributed by atoms with van der Waals surface area (Å²) in [5, 5.41) is 5.46. The summed E-state index contributed by atoms with van der Waals surface area (Å²) in [6, 6.07) is 27.7. The monoisotopic (exact) mass is 394 g/mol. The van der Waals surface area contributed by atoms with Crippen LogP contribution in [-0.4, -0.2) is 24.1 Å². The van der Waals surface area contributed by atoms with Crippen LogP contribution in [-0.2, 0) is 0 Å². The Balaban J connectivity index is 1.65. The van der Waals surface area contributed by atoms with Crippen molar-refractivity contribution in [3.05, 3.63) is 102 Å². The number of nitrogens with one attached hydrogen (secondary N) is 1. The van der Waals surface area contributed by atoms with Crippen LogP contribution in [0.2, 0.25) is 0 Å². The van der Waals surface area contributed by atoms with Gasteiger partial charge in [-0.2, -0.15) is 5.10 Å². The van der Waals surface area contributed by atoms with Gasteiger partial charge in [-0.1, -0.05) is 42.0 Å². The zero-order valence-electron chi connectivity index (χ0n) is 16.9. The van der Waals surface area contributed by atoms with E-state index in [4.69, 9.17) is 14.7 Å². The van der Waals surface area contributed by atoms with Crippen LogP contribution >= 0.6 is 0 Å². The van der Waals surface area contributed by atoms with Crippen LogP contribution in [0.4, 0.5) is 5.69 Å². The van der Waals surface area contributed by atoms with E-state index in [1.807, 2.05) is 84.9 Å². The van der Waals surface area contributed by atoms with Crippen LogP contribution in [0.3, 0.4) is 0 Å². The van der Waals surface area contributed by atoms with Gasteiger partial charge >= 0.3 is 0 Å². The largest absolute Gasteiger partial charge is 0.497 e. The Morgan fingerprint density at radius 3 is 2.43 bits per heavy atom. The van der Waals surface area contributed by atoms with Gasteiger partial charge in [0.25, 0.3) is 0 Å². The van der Waals surface area contributed by atoms with Gasteiger partial charge in [-0.05, 0) is 61.0 Å². The van der Waals surface area contributed by atoms with Crippen LogP contribution in [0.15, 0.2) is 95.0 Å². The Morgan fingerprint density at radius 1 is 0.900 bits per heavy atom. The highest BCUT2D eigenvalue weighted by Gasteiger charge is 2.07. The number of benzene rings is 3. The summed E-state index contributed by atoms with van der Waals surface area (Å²) < 4.78 is 5.19. The molecule has 0 saturated carbocycles. The summed E-state index contributed by atoms with van der Waals surface area (Å²) in [6.07, 6.45) is 1.74. The highest BCUT2D eigenvalue weighted by molar-refractivity contribution is 6.00. The number of fused-ring (bicyclic) bond motifs is 1. The van der Waals surface area contributed by atoms with E-state index >= 15 is 0 Å². The highest BCUT2D eigenvalue weighted by Crippen LogP contribution is 2.16. The molecule has 0 atom stereocenters. The Kier molecular flexibility index (Phi) is 5.80. The van der Waals surface area contributed by atoms with Gasteiger partial charge in [-0.25, -0.2) is 9.98 Å². The molecule has 0 radical (unpaired) electrons. The van der Waals surface area contributed by atoms with Gasteiger partial charge in [0.2, 0.25) is 0 Å². The normalized spacial score (nSPS) is 11.7. The van der Waals surface area contributed by atoms with E-state index in [1.165, 1.54) is 5.56 Å². The molecule has 1 aromatic heterocycles. The molecule has 0 fully saturated rings. The van der Waals surface area contributed by atoms with Crippen molar-refractivity contribution >= 4 is 28.6 Å². The molecule has 0 unspecified atom stereocenters. The molecule has 148 valence electrons.